The molecular formula is C58H90S4. The summed E-state index contributed by atoms with van der Waals surface area (Å²) in [6.07, 6.45) is 49.8. The Hall–Kier alpha value is -1.46. The molecule has 0 amide bonds. The van der Waals surface area contributed by atoms with E-state index in [4.69, 9.17) is 0 Å². The molecule has 4 aromatic heterocycles. The highest BCUT2D eigenvalue weighted by Gasteiger charge is 2.20. The van der Waals surface area contributed by atoms with Gasteiger partial charge in [0.25, 0.3) is 0 Å². The van der Waals surface area contributed by atoms with Gasteiger partial charge in [-0.1, -0.05) is 207 Å². The maximum absolute atomic E-state index is 2.65. The lowest BCUT2D eigenvalue weighted by Crippen LogP contribution is -1.91. The van der Waals surface area contributed by atoms with Crippen molar-refractivity contribution in [3.05, 3.63) is 55.9 Å². The summed E-state index contributed by atoms with van der Waals surface area (Å²) in [6, 6.07) is 10.3. The van der Waals surface area contributed by atoms with E-state index in [0.29, 0.717) is 0 Å². The molecule has 0 N–H and O–H groups in total. The van der Waals surface area contributed by atoms with Gasteiger partial charge in [-0.05, 0) is 92.1 Å². The lowest BCUT2D eigenvalue weighted by Gasteiger charge is -2.05. The number of thiophene rings is 4. The van der Waals surface area contributed by atoms with Gasteiger partial charge in [-0.2, -0.15) is 0 Å². The Morgan fingerprint density at radius 3 is 1.16 bits per heavy atom. The van der Waals surface area contributed by atoms with Gasteiger partial charge in [0.15, 0.2) is 0 Å². The molecule has 0 saturated heterocycles. The summed E-state index contributed by atoms with van der Waals surface area (Å²) < 4.78 is 2.99. The highest BCUT2D eigenvalue weighted by Crippen LogP contribution is 2.48. The zero-order valence-electron chi connectivity index (χ0n) is 40.6. The molecular weight excluding hydrogens is 825 g/mol. The van der Waals surface area contributed by atoms with Crippen LogP contribution >= 0.6 is 45.3 Å². The Bertz CT molecular complexity index is 1800. The molecule has 0 fully saturated rings. The van der Waals surface area contributed by atoms with Crippen LogP contribution in [-0.2, 0) is 25.7 Å². The third-order valence-corrected chi connectivity index (χ3v) is 18.1. The molecule has 0 saturated carbocycles. The molecule has 0 aliphatic carbocycles. The Labute approximate surface area is 398 Å². The first-order valence-corrected chi connectivity index (χ1v) is 30.2. The van der Waals surface area contributed by atoms with Crippen LogP contribution in [0, 0.1) is 0 Å². The van der Waals surface area contributed by atoms with Crippen LogP contribution in [-0.4, -0.2) is 0 Å². The molecule has 4 heterocycles. The van der Waals surface area contributed by atoms with Gasteiger partial charge >= 0.3 is 0 Å². The van der Waals surface area contributed by atoms with Gasteiger partial charge in [-0.3, -0.25) is 0 Å². The van der Waals surface area contributed by atoms with Gasteiger partial charge in [0, 0.05) is 56.2 Å². The maximum Gasteiger partial charge on any atom is 0.0442 e. The first-order valence-electron chi connectivity index (χ1n) is 26.8. The summed E-state index contributed by atoms with van der Waals surface area (Å²) in [4.78, 5) is 6.43. The third-order valence-electron chi connectivity index (χ3n) is 13.7. The van der Waals surface area contributed by atoms with E-state index >= 15 is 0 Å². The number of benzene rings is 1. The van der Waals surface area contributed by atoms with Crippen molar-refractivity contribution < 1.29 is 0 Å². The first kappa shape index (κ1) is 51.5. The van der Waals surface area contributed by atoms with Gasteiger partial charge in [-0.25, -0.2) is 0 Å². The molecule has 5 aromatic rings. The third kappa shape index (κ3) is 17.4. The van der Waals surface area contributed by atoms with Crippen molar-refractivity contribution in [1.29, 1.82) is 0 Å². The molecule has 346 valence electrons. The molecule has 4 heteroatoms. The second-order valence-corrected chi connectivity index (χ2v) is 23.2. The van der Waals surface area contributed by atoms with E-state index in [1.807, 2.05) is 22.7 Å². The molecule has 1 aromatic carbocycles. The summed E-state index contributed by atoms with van der Waals surface area (Å²) >= 11 is 8.27. The van der Waals surface area contributed by atoms with Crippen molar-refractivity contribution >= 4 is 65.5 Å². The fourth-order valence-electron chi connectivity index (χ4n) is 9.80. The SMILES string of the molecule is CCCCCCCCCCc1cc(-c2cc3scc(-c4cc(CCCCCCCCCC)c(CCCCCCCCCC)s4)c3c3sccc23)sc1CCCCCCCCCC. The van der Waals surface area contributed by atoms with E-state index in [2.05, 4.69) is 85.4 Å². The number of unbranched alkanes of at least 4 members (excludes halogenated alkanes) is 28. The minimum atomic E-state index is 1.26. The van der Waals surface area contributed by atoms with E-state index in [1.165, 1.54) is 272 Å². The van der Waals surface area contributed by atoms with E-state index in [0.717, 1.165) is 0 Å². The van der Waals surface area contributed by atoms with Crippen LogP contribution in [0.5, 0.6) is 0 Å². The molecule has 0 spiro atoms. The molecule has 0 unspecified atom stereocenters. The average Bonchev–Trinajstić information content (AvgIpc) is 4.10. The molecule has 0 nitrogen and oxygen atoms in total. The van der Waals surface area contributed by atoms with Crippen LogP contribution < -0.4 is 0 Å². The quantitative estimate of drug-likeness (QED) is 0.0346. The Morgan fingerprint density at radius 1 is 0.371 bits per heavy atom. The lowest BCUT2D eigenvalue weighted by atomic mass is 9.99. The maximum atomic E-state index is 2.65. The van der Waals surface area contributed by atoms with Crippen molar-refractivity contribution in [1.82, 2.24) is 0 Å². The number of fused-ring (bicyclic) bond motifs is 3. The predicted octanol–water partition coefficient (Wildman–Crippen LogP) is 22.3. The van der Waals surface area contributed by atoms with Gasteiger partial charge in [0.2, 0.25) is 0 Å². The Kier molecular flexibility index (Phi) is 26.1. The minimum absolute atomic E-state index is 1.26. The summed E-state index contributed by atoms with van der Waals surface area (Å²) in [5, 5.41) is 7.91. The van der Waals surface area contributed by atoms with Crippen molar-refractivity contribution in [2.24, 2.45) is 0 Å². The van der Waals surface area contributed by atoms with Gasteiger partial charge in [0.05, 0.1) is 0 Å². The highest BCUT2D eigenvalue weighted by molar-refractivity contribution is 7.23. The van der Waals surface area contributed by atoms with Crippen molar-refractivity contribution in [2.45, 2.75) is 259 Å². The molecule has 5 rings (SSSR count). The standard InChI is InChI=1S/C58H90S4/c1-5-9-13-17-21-25-29-33-37-47-43-54(61-52(47)39-35-31-27-23-19-15-11-7-3)50-45-56-57(58-49(50)41-42-59-58)51(46-60-56)55-44-48(38-34-30-26-22-18-14-10-6-2)53(62-55)40-36-32-28-24-20-16-12-8-4/h41-46H,5-40H2,1-4H3. The number of hydrogen-bond donors (Lipinski definition) is 0. The monoisotopic (exact) mass is 915 g/mol. The van der Waals surface area contributed by atoms with Gasteiger partial charge in [-0.15, -0.1) is 45.3 Å². The number of aryl methyl sites for hydroxylation is 4. The summed E-state index contributed by atoms with van der Waals surface area (Å²) in [6.45, 7) is 9.30. The average molecular weight is 916 g/mol. The zero-order chi connectivity index (χ0) is 43.5. The Morgan fingerprint density at radius 2 is 0.742 bits per heavy atom. The van der Waals surface area contributed by atoms with Crippen molar-refractivity contribution in [3.63, 3.8) is 0 Å². The van der Waals surface area contributed by atoms with Crippen LogP contribution in [0.15, 0.2) is 35.0 Å². The molecule has 62 heavy (non-hydrogen) atoms. The highest BCUT2D eigenvalue weighted by atomic mass is 32.1. The van der Waals surface area contributed by atoms with Crippen molar-refractivity contribution in [2.75, 3.05) is 0 Å². The largest absolute Gasteiger partial charge is 0.143 e. The normalized spacial score (nSPS) is 11.9. The smallest absolute Gasteiger partial charge is 0.0442 e. The summed E-state index contributed by atoms with van der Waals surface area (Å²) in [5.74, 6) is 0. The minimum Gasteiger partial charge on any atom is -0.143 e. The molecule has 0 atom stereocenters. The van der Waals surface area contributed by atoms with Crippen LogP contribution in [0.4, 0.5) is 0 Å². The van der Waals surface area contributed by atoms with Gasteiger partial charge < -0.3 is 0 Å². The topological polar surface area (TPSA) is 0 Å². The molecule has 0 aliphatic heterocycles. The second kappa shape index (κ2) is 31.5. The van der Waals surface area contributed by atoms with E-state index in [1.54, 1.807) is 20.9 Å². The van der Waals surface area contributed by atoms with Crippen LogP contribution in [0.2, 0.25) is 0 Å². The number of rotatable bonds is 38. The lowest BCUT2D eigenvalue weighted by molar-refractivity contribution is 0.572. The van der Waals surface area contributed by atoms with E-state index < -0.39 is 0 Å². The fourth-order valence-corrected chi connectivity index (χ4v) is 14.5. The molecule has 0 aliphatic rings. The van der Waals surface area contributed by atoms with Crippen LogP contribution in [0.1, 0.15) is 254 Å². The van der Waals surface area contributed by atoms with E-state index in [9.17, 15) is 0 Å². The van der Waals surface area contributed by atoms with Gasteiger partial charge in [0.1, 0.15) is 0 Å². The molecule has 0 bridgehead atoms. The Balaban J connectivity index is 1.32. The van der Waals surface area contributed by atoms with E-state index in [-0.39, 0.29) is 0 Å². The predicted molar refractivity (Wildman–Crippen MR) is 289 cm³/mol. The summed E-state index contributed by atoms with van der Waals surface area (Å²) in [7, 11) is 0. The summed E-state index contributed by atoms with van der Waals surface area (Å²) in [5.41, 5.74) is 6.33. The second-order valence-electron chi connectivity index (χ2n) is 19.1. The van der Waals surface area contributed by atoms with Crippen LogP contribution in [0.25, 0.3) is 41.1 Å². The first-order chi connectivity index (χ1) is 30.7. The fraction of sp³-hybridized carbons (Fsp3) is 0.690. The number of hydrogen-bond acceptors (Lipinski definition) is 4. The zero-order valence-corrected chi connectivity index (χ0v) is 43.8. The van der Waals surface area contributed by atoms with Crippen LogP contribution in [0.3, 0.4) is 0 Å². The molecule has 0 radical (unpaired) electrons. The van der Waals surface area contributed by atoms with Crippen molar-refractivity contribution in [3.8, 4) is 20.9 Å².